The highest BCUT2D eigenvalue weighted by molar-refractivity contribution is 5.36. The summed E-state index contributed by atoms with van der Waals surface area (Å²) in [6.45, 7) is 3.63. The Balaban J connectivity index is 2.53. The van der Waals surface area contributed by atoms with Crippen molar-refractivity contribution in [1.29, 1.82) is 0 Å². The Bertz CT molecular complexity index is 661. The van der Waals surface area contributed by atoms with Gasteiger partial charge < -0.3 is 9.26 Å². The van der Waals surface area contributed by atoms with Crippen LogP contribution in [-0.2, 0) is 6.54 Å². The molecule has 1 heterocycles. The van der Waals surface area contributed by atoms with Crippen LogP contribution < -0.4 is 16.2 Å². The first kappa shape index (κ1) is 12.0. The van der Waals surface area contributed by atoms with Crippen LogP contribution in [0.1, 0.15) is 0 Å². The van der Waals surface area contributed by atoms with Crippen LogP contribution in [0.25, 0.3) is 5.69 Å². The molecule has 6 nitrogen and oxygen atoms in total. The monoisotopic (exact) mass is 248 g/mol. The summed E-state index contributed by atoms with van der Waals surface area (Å²) < 4.78 is 11.7. The molecule has 0 fully saturated rings. The van der Waals surface area contributed by atoms with E-state index >= 15 is 0 Å². The first-order valence-corrected chi connectivity index (χ1v) is 5.26. The van der Waals surface area contributed by atoms with Gasteiger partial charge in [-0.2, -0.15) is 4.57 Å². The topological polar surface area (TPSA) is 66.4 Å². The zero-order chi connectivity index (χ0) is 13.1. The molecular weight excluding hydrogens is 236 g/mol. The van der Waals surface area contributed by atoms with Crippen LogP contribution in [0.4, 0.5) is 0 Å². The molecule has 1 aromatic heterocycles. The Hall–Kier alpha value is -2.50. The summed E-state index contributed by atoms with van der Waals surface area (Å²) in [7, 11) is 1.54. The van der Waals surface area contributed by atoms with Crippen molar-refractivity contribution >= 4 is 0 Å². The normalized spacial score (nSPS) is 10.3. The van der Waals surface area contributed by atoms with Crippen molar-refractivity contribution in [1.82, 2.24) is 9.31 Å². The molecule has 6 heteroatoms. The van der Waals surface area contributed by atoms with Crippen molar-refractivity contribution in [3.8, 4) is 11.4 Å². The predicted molar refractivity (Wildman–Crippen MR) is 65.3 cm³/mol. The number of hydrogen-bond donors (Lipinski definition) is 0. The maximum atomic E-state index is 11.9. The Kier molecular flexibility index (Phi) is 3.18. The van der Waals surface area contributed by atoms with Gasteiger partial charge in [-0.05, 0) is 24.3 Å². The van der Waals surface area contributed by atoms with Crippen molar-refractivity contribution in [2.45, 2.75) is 6.54 Å². The number of benzene rings is 1. The second-order valence-electron chi connectivity index (χ2n) is 3.52. The van der Waals surface area contributed by atoms with Crippen LogP contribution in [0.3, 0.4) is 0 Å². The van der Waals surface area contributed by atoms with E-state index in [4.69, 9.17) is 9.26 Å². The smallest absolute Gasteiger partial charge is 0.447 e. The van der Waals surface area contributed by atoms with E-state index in [2.05, 4.69) is 6.58 Å². The van der Waals surface area contributed by atoms with E-state index in [0.717, 1.165) is 9.31 Å². The van der Waals surface area contributed by atoms with E-state index in [1.165, 1.54) is 13.2 Å². The Morgan fingerprint density at radius 3 is 2.56 bits per heavy atom. The van der Waals surface area contributed by atoms with Gasteiger partial charge in [0.1, 0.15) is 5.75 Å². The molecule has 0 saturated heterocycles. The summed E-state index contributed by atoms with van der Waals surface area (Å²) in [5, 5.41) is 0. The van der Waals surface area contributed by atoms with Crippen LogP contribution in [0.5, 0.6) is 5.75 Å². The molecule has 0 radical (unpaired) electrons. The third kappa shape index (κ3) is 2.00. The molecule has 0 saturated carbocycles. The van der Waals surface area contributed by atoms with Gasteiger partial charge in [-0.15, -0.1) is 11.3 Å². The number of rotatable bonds is 4. The molecule has 0 aliphatic rings. The summed E-state index contributed by atoms with van der Waals surface area (Å²) in [5.74, 6) is -0.0891. The minimum absolute atomic E-state index is 0.150. The fourth-order valence-electron chi connectivity index (χ4n) is 1.54. The van der Waals surface area contributed by atoms with Crippen molar-refractivity contribution in [3.05, 3.63) is 58.0 Å². The number of methoxy groups -OCH3 is 1. The van der Waals surface area contributed by atoms with Crippen LogP contribution in [0.2, 0.25) is 0 Å². The van der Waals surface area contributed by atoms with E-state index in [1.807, 2.05) is 0 Å². The molecule has 0 bridgehead atoms. The van der Waals surface area contributed by atoms with E-state index in [1.54, 1.807) is 24.3 Å². The Labute approximate surface area is 102 Å². The molecule has 94 valence electrons. The number of nitrogens with zero attached hydrogens (tertiary/aromatic N) is 2. The quantitative estimate of drug-likeness (QED) is 0.750. The standard InChI is InChI=1S/C12H12N2O4/c1-3-8-13-11(15)14(12(16)18-13)9-4-6-10(17-2)7-5-9/h3-7H,1,8H2,2H3. The van der Waals surface area contributed by atoms with Crippen molar-refractivity contribution < 1.29 is 9.26 Å². The molecule has 0 atom stereocenters. The second-order valence-corrected chi connectivity index (χ2v) is 3.52. The minimum atomic E-state index is -0.730. The summed E-state index contributed by atoms with van der Waals surface area (Å²) in [6, 6.07) is 6.53. The first-order valence-electron chi connectivity index (χ1n) is 5.26. The Morgan fingerprint density at radius 1 is 1.33 bits per heavy atom. The molecule has 0 spiro atoms. The molecule has 0 N–H and O–H groups in total. The zero-order valence-electron chi connectivity index (χ0n) is 9.83. The number of hydrogen-bond acceptors (Lipinski definition) is 4. The lowest BCUT2D eigenvalue weighted by molar-refractivity contribution is 0.260. The molecule has 2 aromatic rings. The average molecular weight is 248 g/mol. The van der Waals surface area contributed by atoms with E-state index in [9.17, 15) is 9.59 Å². The third-order valence-corrected chi connectivity index (χ3v) is 2.40. The van der Waals surface area contributed by atoms with Gasteiger partial charge >= 0.3 is 11.4 Å². The van der Waals surface area contributed by atoms with E-state index < -0.39 is 11.4 Å². The Morgan fingerprint density at radius 2 is 2.00 bits per heavy atom. The molecule has 0 aliphatic heterocycles. The highest BCUT2D eigenvalue weighted by Crippen LogP contribution is 2.12. The zero-order valence-corrected chi connectivity index (χ0v) is 9.83. The van der Waals surface area contributed by atoms with Crippen molar-refractivity contribution in [2.75, 3.05) is 7.11 Å². The highest BCUT2D eigenvalue weighted by atomic mass is 16.5. The molecule has 0 aliphatic carbocycles. The SMILES string of the molecule is C=CCn1oc(=O)n(-c2ccc(OC)cc2)c1=O. The molecular formula is C12H12N2O4. The first-order chi connectivity index (χ1) is 8.67. The predicted octanol–water partition coefficient (Wildman–Crippen LogP) is 0.787. The van der Waals surface area contributed by atoms with Gasteiger partial charge in [-0.1, -0.05) is 6.08 Å². The molecule has 18 heavy (non-hydrogen) atoms. The molecule has 0 amide bonds. The van der Waals surface area contributed by atoms with Crippen molar-refractivity contribution in [3.63, 3.8) is 0 Å². The van der Waals surface area contributed by atoms with Crippen LogP contribution in [-0.4, -0.2) is 16.4 Å². The van der Waals surface area contributed by atoms with Gasteiger partial charge in [0, 0.05) is 0 Å². The number of ether oxygens (including phenoxy) is 1. The lowest BCUT2D eigenvalue weighted by Crippen LogP contribution is -2.27. The van der Waals surface area contributed by atoms with Gasteiger partial charge in [0.25, 0.3) is 0 Å². The minimum Gasteiger partial charge on any atom is -0.497 e. The third-order valence-electron chi connectivity index (χ3n) is 2.40. The van der Waals surface area contributed by atoms with Gasteiger partial charge in [-0.25, -0.2) is 9.59 Å². The number of allylic oxidation sites excluding steroid dienone is 1. The fourth-order valence-corrected chi connectivity index (χ4v) is 1.54. The van der Waals surface area contributed by atoms with Gasteiger partial charge in [0.15, 0.2) is 0 Å². The summed E-state index contributed by atoms with van der Waals surface area (Å²) in [4.78, 5) is 23.5. The fraction of sp³-hybridized carbons (Fsp3) is 0.167. The van der Waals surface area contributed by atoms with E-state index in [-0.39, 0.29) is 6.54 Å². The molecule has 0 unspecified atom stereocenters. The number of aromatic nitrogens is 2. The van der Waals surface area contributed by atoms with Gasteiger partial charge in [0.2, 0.25) is 0 Å². The lowest BCUT2D eigenvalue weighted by atomic mass is 10.3. The van der Waals surface area contributed by atoms with Crippen molar-refractivity contribution in [2.24, 2.45) is 0 Å². The van der Waals surface area contributed by atoms with Crippen LogP contribution in [0, 0.1) is 0 Å². The second kappa shape index (κ2) is 4.79. The maximum Gasteiger partial charge on any atom is 0.447 e. The van der Waals surface area contributed by atoms with Gasteiger partial charge in [0.05, 0.1) is 19.3 Å². The maximum absolute atomic E-state index is 11.9. The highest BCUT2D eigenvalue weighted by Gasteiger charge is 2.12. The summed E-state index contributed by atoms with van der Waals surface area (Å²) in [5.41, 5.74) is -0.109. The van der Waals surface area contributed by atoms with Crippen LogP contribution in [0.15, 0.2) is 51.0 Å². The molecule has 1 aromatic carbocycles. The summed E-state index contributed by atoms with van der Waals surface area (Å²) in [6.07, 6.45) is 1.47. The van der Waals surface area contributed by atoms with E-state index in [0.29, 0.717) is 11.4 Å². The average Bonchev–Trinajstić information content (AvgIpc) is 2.65. The lowest BCUT2D eigenvalue weighted by Gasteiger charge is -2.01. The largest absolute Gasteiger partial charge is 0.497 e. The summed E-state index contributed by atoms with van der Waals surface area (Å²) >= 11 is 0. The van der Waals surface area contributed by atoms with Crippen LogP contribution >= 0.6 is 0 Å². The van der Waals surface area contributed by atoms with Gasteiger partial charge in [-0.3, -0.25) is 0 Å². The molecule has 2 rings (SSSR count).